The molecule has 8 nitrogen and oxygen atoms in total. The lowest BCUT2D eigenvalue weighted by molar-refractivity contribution is -0.135. The first-order chi connectivity index (χ1) is 7.41. The van der Waals surface area contributed by atoms with E-state index in [9.17, 15) is 9.59 Å². The third-order valence-corrected chi connectivity index (χ3v) is 1.80. The number of nitrogens with zero attached hydrogens (tertiary/aromatic N) is 2. The SMILES string of the molecule is Nc1nc(N)c(C(=O)NCC(=O)O)nc1Cl. The Morgan fingerprint density at radius 2 is 1.94 bits per heavy atom. The van der Waals surface area contributed by atoms with Gasteiger partial charge in [-0.25, -0.2) is 9.97 Å². The Hall–Kier alpha value is -2.09. The van der Waals surface area contributed by atoms with E-state index in [1.54, 1.807) is 0 Å². The Bertz CT molecular complexity index is 450. The Balaban J connectivity index is 2.91. The van der Waals surface area contributed by atoms with E-state index >= 15 is 0 Å². The number of anilines is 2. The van der Waals surface area contributed by atoms with Crippen LogP contribution in [-0.2, 0) is 4.79 Å². The van der Waals surface area contributed by atoms with Crippen LogP contribution < -0.4 is 16.8 Å². The van der Waals surface area contributed by atoms with E-state index in [0.717, 1.165) is 0 Å². The van der Waals surface area contributed by atoms with Gasteiger partial charge in [0, 0.05) is 0 Å². The highest BCUT2D eigenvalue weighted by Crippen LogP contribution is 2.16. The number of carboxylic acid groups (broad SMARTS) is 1. The second kappa shape index (κ2) is 4.62. The summed E-state index contributed by atoms with van der Waals surface area (Å²) in [4.78, 5) is 28.8. The van der Waals surface area contributed by atoms with Gasteiger partial charge in [0.15, 0.2) is 22.5 Å². The average molecular weight is 246 g/mol. The number of halogens is 1. The molecule has 6 N–H and O–H groups in total. The molecule has 0 fully saturated rings. The van der Waals surface area contributed by atoms with Crippen LogP contribution in [0, 0.1) is 0 Å². The average Bonchev–Trinajstić information content (AvgIpc) is 2.20. The van der Waals surface area contributed by atoms with Gasteiger partial charge in [0.25, 0.3) is 5.91 Å². The van der Waals surface area contributed by atoms with E-state index in [0.29, 0.717) is 0 Å². The summed E-state index contributed by atoms with van der Waals surface area (Å²) in [6.45, 7) is -0.554. The third kappa shape index (κ3) is 2.70. The van der Waals surface area contributed by atoms with Crippen LogP contribution in [0.4, 0.5) is 11.6 Å². The van der Waals surface area contributed by atoms with E-state index < -0.39 is 18.4 Å². The molecule has 1 aromatic heterocycles. The normalized spacial score (nSPS) is 9.81. The zero-order valence-corrected chi connectivity index (χ0v) is 8.65. The maximum Gasteiger partial charge on any atom is 0.322 e. The summed E-state index contributed by atoms with van der Waals surface area (Å²) in [5, 5.41) is 10.2. The van der Waals surface area contributed by atoms with Crippen molar-refractivity contribution in [3.8, 4) is 0 Å². The standard InChI is InChI=1S/C7H8ClN5O3/c8-4-6(10)13-5(9)3(12-4)7(16)11-1-2(14)15/h1H2,(H,11,16)(H,14,15)(H4,9,10,13). The number of nitrogen functional groups attached to an aromatic ring is 2. The predicted molar refractivity (Wildman–Crippen MR) is 55.8 cm³/mol. The highest BCUT2D eigenvalue weighted by Gasteiger charge is 2.16. The molecule has 0 spiro atoms. The zero-order valence-electron chi connectivity index (χ0n) is 7.90. The first-order valence-electron chi connectivity index (χ1n) is 4.00. The van der Waals surface area contributed by atoms with Gasteiger partial charge in [0.05, 0.1) is 0 Å². The van der Waals surface area contributed by atoms with Gasteiger partial charge in [-0.15, -0.1) is 0 Å². The van der Waals surface area contributed by atoms with Crippen LogP contribution in [0.25, 0.3) is 0 Å². The van der Waals surface area contributed by atoms with E-state index in [1.807, 2.05) is 0 Å². The molecule has 0 saturated heterocycles. The number of nitrogens with two attached hydrogens (primary N) is 2. The molecule has 0 radical (unpaired) electrons. The summed E-state index contributed by atoms with van der Waals surface area (Å²) in [6, 6.07) is 0. The van der Waals surface area contributed by atoms with Crippen LogP contribution in [0.1, 0.15) is 10.5 Å². The lowest BCUT2D eigenvalue weighted by atomic mass is 10.3. The Kier molecular flexibility index (Phi) is 3.46. The molecule has 0 saturated carbocycles. The molecule has 0 bridgehead atoms. The second-order valence-electron chi connectivity index (χ2n) is 2.71. The number of carbonyl (C=O) groups excluding carboxylic acids is 1. The molecule has 0 unspecified atom stereocenters. The Morgan fingerprint density at radius 3 is 2.50 bits per heavy atom. The number of aromatic nitrogens is 2. The van der Waals surface area contributed by atoms with Gasteiger partial charge in [-0.2, -0.15) is 0 Å². The van der Waals surface area contributed by atoms with Gasteiger partial charge >= 0.3 is 5.97 Å². The van der Waals surface area contributed by atoms with Gasteiger partial charge in [-0.1, -0.05) is 11.6 Å². The van der Waals surface area contributed by atoms with Crippen LogP contribution in [0.5, 0.6) is 0 Å². The minimum absolute atomic E-state index is 0.103. The highest BCUT2D eigenvalue weighted by molar-refractivity contribution is 6.31. The maximum absolute atomic E-state index is 11.4. The lowest BCUT2D eigenvalue weighted by Crippen LogP contribution is -2.31. The zero-order chi connectivity index (χ0) is 12.3. The van der Waals surface area contributed by atoms with Crippen molar-refractivity contribution in [1.29, 1.82) is 0 Å². The Labute approximate surface area is 94.6 Å². The van der Waals surface area contributed by atoms with E-state index in [-0.39, 0.29) is 22.5 Å². The quantitative estimate of drug-likeness (QED) is 0.540. The number of rotatable bonds is 3. The van der Waals surface area contributed by atoms with Crippen molar-refractivity contribution >= 4 is 35.1 Å². The maximum atomic E-state index is 11.4. The second-order valence-corrected chi connectivity index (χ2v) is 3.07. The molecular weight excluding hydrogens is 238 g/mol. The summed E-state index contributed by atoms with van der Waals surface area (Å²) >= 11 is 5.54. The van der Waals surface area contributed by atoms with Crippen LogP contribution in [0.2, 0.25) is 5.15 Å². The monoisotopic (exact) mass is 245 g/mol. The molecule has 0 atom stereocenters. The van der Waals surface area contributed by atoms with Crippen LogP contribution >= 0.6 is 11.6 Å². The summed E-state index contributed by atoms with van der Waals surface area (Å²) < 4.78 is 0. The van der Waals surface area contributed by atoms with Crippen molar-refractivity contribution in [2.75, 3.05) is 18.0 Å². The summed E-state index contributed by atoms with van der Waals surface area (Å²) in [5.41, 5.74) is 10.4. The van der Waals surface area contributed by atoms with Gasteiger partial charge in [-0.3, -0.25) is 9.59 Å². The number of hydrogen-bond donors (Lipinski definition) is 4. The van der Waals surface area contributed by atoms with Crippen LogP contribution in [-0.4, -0.2) is 33.5 Å². The molecule has 16 heavy (non-hydrogen) atoms. The molecule has 86 valence electrons. The largest absolute Gasteiger partial charge is 0.480 e. The van der Waals surface area contributed by atoms with Crippen molar-refractivity contribution in [3.63, 3.8) is 0 Å². The van der Waals surface area contributed by atoms with Crippen molar-refractivity contribution in [2.24, 2.45) is 0 Å². The molecule has 9 heteroatoms. The van der Waals surface area contributed by atoms with Gasteiger partial charge < -0.3 is 21.9 Å². The molecule has 1 amide bonds. The van der Waals surface area contributed by atoms with Crippen LogP contribution in [0.3, 0.4) is 0 Å². The third-order valence-electron chi connectivity index (χ3n) is 1.52. The van der Waals surface area contributed by atoms with E-state index in [4.69, 9.17) is 28.2 Å². The Morgan fingerprint density at radius 1 is 1.31 bits per heavy atom. The molecule has 1 aromatic rings. The van der Waals surface area contributed by atoms with E-state index in [2.05, 4.69) is 15.3 Å². The fraction of sp³-hybridized carbons (Fsp3) is 0.143. The molecule has 0 aliphatic carbocycles. The number of aliphatic carboxylic acids is 1. The molecule has 1 rings (SSSR count). The molecule has 1 heterocycles. The minimum Gasteiger partial charge on any atom is -0.480 e. The number of amides is 1. The number of carboxylic acids is 1. The van der Waals surface area contributed by atoms with Gasteiger partial charge in [0.1, 0.15) is 6.54 Å². The number of carbonyl (C=O) groups is 2. The topological polar surface area (TPSA) is 144 Å². The first kappa shape index (κ1) is 12.0. The molecule has 0 aliphatic rings. The fourth-order valence-electron chi connectivity index (χ4n) is 0.848. The van der Waals surface area contributed by atoms with Crippen molar-refractivity contribution in [3.05, 3.63) is 10.8 Å². The molecule has 0 aliphatic heterocycles. The lowest BCUT2D eigenvalue weighted by Gasteiger charge is -2.05. The van der Waals surface area contributed by atoms with E-state index in [1.165, 1.54) is 0 Å². The number of nitrogens with one attached hydrogen (secondary N) is 1. The fourth-order valence-corrected chi connectivity index (χ4v) is 0.975. The van der Waals surface area contributed by atoms with Crippen molar-refractivity contribution < 1.29 is 14.7 Å². The highest BCUT2D eigenvalue weighted by atomic mass is 35.5. The smallest absolute Gasteiger partial charge is 0.322 e. The van der Waals surface area contributed by atoms with Gasteiger partial charge in [-0.05, 0) is 0 Å². The summed E-state index contributed by atoms with van der Waals surface area (Å²) in [6.07, 6.45) is 0. The molecular formula is C7H8ClN5O3. The first-order valence-corrected chi connectivity index (χ1v) is 4.38. The van der Waals surface area contributed by atoms with Gasteiger partial charge in [0.2, 0.25) is 0 Å². The number of hydrogen-bond acceptors (Lipinski definition) is 6. The summed E-state index contributed by atoms with van der Waals surface area (Å²) in [7, 11) is 0. The van der Waals surface area contributed by atoms with Crippen LogP contribution in [0.15, 0.2) is 0 Å². The molecule has 0 aromatic carbocycles. The predicted octanol–water partition coefficient (Wildman–Crippen LogP) is -0.891. The van der Waals surface area contributed by atoms with Crippen molar-refractivity contribution in [2.45, 2.75) is 0 Å². The van der Waals surface area contributed by atoms with Crippen molar-refractivity contribution in [1.82, 2.24) is 15.3 Å². The summed E-state index contributed by atoms with van der Waals surface area (Å²) in [5.74, 6) is -2.30. The minimum atomic E-state index is -1.19.